The smallest absolute Gasteiger partial charge is 0.352 e. The molecule has 4 N–H and O–H groups in total. The Morgan fingerprint density at radius 1 is 1.43 bits per heavy atom. The van der Waals surface area contributed by atoms with Crippen molar-refractivity contribution in [3.63, 3.8) is 0 Å². The van der Waals surface area contributed by atoms with Crippen LogP contribution in [0.3, 0.4) is 0 Å². The number of nitrogens with one attached hydrogen (secondary N) is 1. The minimum Gasteiger partial charge on any atom is -0.477 e. The number of hydrogen-bond donors (Lipinski definition) is 3. The van der Waals surface area contributed by atoms with Crippen LogP contribution in [0, 0.1) is 0 Å². The lowest BCUT2D eigenvalue weighted by molar-refractivity contribution is -0.689. The molecule has 2 aromatic rings. The summed E-state index contributed by atoms with van der Waals surface area (Å²) in [6.45, 7) is 2.97. The first-order chi connectivity index (χ1) is 17.7. The van der Waals surface area contributed by atoms with E-state index < -0.39 is 29.2 Å². The number of aliphatic carboxylic acids is 1. The highest BCUT2D eigenvalue weighted by Crippen LogP contribution is 2.40. The predicted octanol–water partition coefficient (Wildman–Crippen LogP) is -0.351. The lowest BCUT2D eigenvalue weighted by Gasteiger charge is -2.49. The average Bonchev–Trinajstić information content (AvgIpc) is 3.27. The number of carbonyl (C=O) groups is 3. The van der Waals surface area contributed by atoms with E-state index in [9.17, 15) is 19.5 Å². The minimum absolute atomic E-state index is 0.0182. The second-order valence-electron chi connectivity index (χ2n) is 8.55. The average molecular weight is 548 g/mol. The van der Waals surface area contributed by atoms with Crippen molar-refractivity contribution in [2.45, 2.75) is 31.4 Å². The molecule has 0 radical (unpaired) electrons. The molecular formula is C22H27N8O5S2+. The molecule has 2 aliphatic heterocycles. The number of amides is 2. The van der Waals surface area contributed by atoms with E-state index in [4.69, 9.17) is 10.6 Å². The molecule has 4 rings (SSSR count). The van der Waals surface area contributed by atoms with Crippen molar-refractivity contribution in [1.82, 2.24) is 24.5 Å². The van der Waals surface area contributed by atoms with Crippen molar-refractivity contribution in [2.24, 2.45) is 5.16 Å². The van der Waals surface area contributed by atoms with Gasteiger partial charge in [-0.05, 0) is 27.1 Å². The molecule has 0 saturated carbocycles. The van der Waals surface area contributed by atoms with Crippen molar-refractivity contribution in [3.05, 3.63) is 47.2 Å². The zero-order valence-corrected chi connectivity index (χ0v) is 22.1. The molecule has 2 aliphatic rings. The lowest BCUT2D eigenvalue weighted by Crippen LogP contribution is -2.71. The monoisotopic (exact) mass is 547 g/mol. The lowest BCUT2D eigenvalue weighted by atomic mass is 10.0. The van der Waals surface area contributed by atoms with E-state index in [1.807, 2.05) is 48.1 Å². The van der Waals surface area contributed by atoms with Crippen LogP contribution in [0.2, 0.25) is 0 Å². The predicted molar refractivity (Wildman–Crippen MR) is 136 cm³/mol. The molecular weight excluding hydrogens is 520 g/mol. The van der Waals surface area contributed by atoms with Crippen LogP contribution in [-0.4, -0.2) is 85.6 Å². The number of fused-ring (bicyclic) bond motifs is 1. The van der Waals surface area contributed by atoms with Gasteiger partial charge in [0.15, 0.2) is 24.1 Å². The summed E-state index contributed by atoms with van der Waals surface area (Å²) in [5, 5.41) is 16.0. The van der Waals surface area contributed by atoms with Crippen LogP contribution in [0.25, 0.3) is 0 Å². The molecule has 15 heteroatoms. The first kappa shape index (κ1) is 26.5. The Morgan fingerprint density at radius 2 is 2.22 bits per heavy atom. The molecule has 1 unspecified atom stereocenters. The van der Waals surface area contributed by atoms with E-state index >= 15 is 0 Å². The van der Waals surface area contributed by atoms with Crippen molar-refractivity contribution < 1.29 is 28.9 Å². The molecule has 1 saturated heterocycles. The molecule has 37 heavy (non-hydrogen) atoms. The maximum Gasteiger partial charge on any atom is 0.352 e. The minimum atomic E-state index is -1.19. The number of carboxylic acids is 1. The van der Waals surface area contributed by atoms with Gasteiger partial charge in [-0.2, -0.15) is 9.36 Å². The fourth-order valence-electron chi connectivity index (χ4n) is 4.01. The number of oxime groups is 1. The van der Waals surface area contributed by atoms with Crippen molar-refractivity contribution >= 4 is 51.9 Å². The fraction of sp³-hybridized carbons (Fsp3) is 0.409. The molecule has 2 aromatic heterocycles. The largest absolute Gasteiger partial charge is 0.477 e. The van der Waals surface area contributed by atoms with Gasteiger partial charge in [-0.25, -0.2) is 9.36 Å². The number of hydrogen-bond acceptors (Lipinski definition) is 11. The Labute approximate surface area is 221 Å². The van der Waals surface area contributed by atoms with E-state index in [0.717, 1.165) is 23.6 Å². The number of rotatable bonds is 10. The molecule has 4 heterocycles. The summed E-state index contributed by atoms with van der Waals surface area (Å²) in [5.74, 6) is -2.06. The highest BCUT2D eigenvalue weighted by molar-refractivity contribution is 8.00. The van der Waals surface area contributed by atoms with Gasteiger partial charge in [0.2, 0.25) is 11.5 Å². The third-order valence-electron chi connectivity index (χ3n) is 5.48. The molecule has 0 aromatic carbocycles. The quantitative estimate of drug-likeness (QED) is 0.155. The summed E-state index contributed by atoms with van der Waals surface area (Å²) in [4.78, 5) is 50.5. The molecule has 0 spiro atoms. The van der Waals surface area contributed by atoms with Crippen LogP contribution in [0.15, 0.2) is 41.0 Å². The van der Waals surface area contributed by atoms with E-state index in [1.54, 1.807) is 6.92 Å². The van der Waals surface area contributed by atoms with Gasteiger partial charge in [-0.15, -0.1) is 11.8 Å². The van der Waals surface area contributed by atoms with Gasteiger partial charge in [-0.1, -0.05) is 5.16 Å². The van der Waals surface area contributed by atoms with Crippen LogP contribution < -0.4 is 15.6 Å². The number of nitrogens with zero attached hydrogens (tertiary/aromatic N) is 6. The van der Waals surface area contributed by atoms with Gasteiger partial charge in [0.25, 0.3) is 11.8 Å². The van der Waals surface area contributed by atoms with Gasteiger partial charge in [0.1, 0.15) is 23.7 Å². The van der Waals surface area contributed by atoms with Crippen molar-refractivity contribution in [1.29, 1.82) is 0 Å². The first-order valence-corrected chi connectivity index (χ1v) is 13.1. The summed E-state index contributed by atoms with van der Waals surface area (Å²) >= 11 is 2.28. The van der Waals surface area contributed by atoms with E-state index in [-0.39, 0.29) is 29.0 Å². The number of thioether (sulfide) groups is 1. The number of nitrogens with two attached hydrogens (primary N) is 1. The summed E-state index contributed by atoms with van der Waals surface area (Å²) in [6.07, 6.45) is 3.82. The second-order valence-corrected chi connectivity index (χ2v) is 10.4. The Hall–Kier alpha value is -3.56. The standard InChI is InChI=1S/C22H26N8O5S2/c1-4-35-26-14(17-25-22(23)37-27-17)18(31)24-15-19(32)30-16(21(33)34)13(11-36-20(15)30)10-29-7-5-6-12(9-29)8-28(2)3/h5-7,9,15,20H,4,8,10-11H2,1-3H3,(H3-,23,24,25,27,31,33,34)/p+1/t15?,20-/m1/s1. The van der Waals surface area contributed by atoms with Gasteiger partial charge in [-0.3, -0.25) is 14.5 Å². The number of carboxylic acid groups (broad SMARTS) is 1. The summed E-state index contributed by atoms with van der Waals surface area (Å²) in [6, 6.07) is 2.97. The Morgan fingerprint density at radius 3 is 2.86 bits per heavy atom. The Kier molecular flexibility index (Phi) is 8.04. The normalized spacial score (nSPS) is 19.5. The van der Waals surface area contributed by atoms with Crippen molar-refractivity contribution in [3.8, 4) is 0 Å². The van der Waals surface area contributed by atoms with Crippen LogP contribution in [0.1, 0.15) is 18.3 Å². The second kappa shape index (κ2) is 11.2. The summed E-state index contributed by atoms with van der Waals surface area (Å²) in [5.41, 5.74) is 7.04. The number of carbonyl (C=O) groups excluding carboxylic acids is 2. The Balaban J connectivity index is 1.52. The molecule has 1 fully saturated rings. The molecule has 196 valence electrons. The zero-order valence-electron chi connectivity index (χ0n) is 20.4. The Bertz CT molecular complexity index is 1280. The summed E-state index contributed by atoms with van der Waals surface area (Å²) < 4.78 is 5.90. The van der Waals surface area contributed by atoms with E-state index in [2.05, 4.69) is 19.8 Å². The zero-order chi connectivity index (χ0) is 26.7. The van der Waals surface area contributed by atoms with Gasteiger partial charge in [0.05, 0.1) is 0 Å². The third-order valence-corrected chi connectivity index (χ3v) is 7.36. The van der Waals surface area contributed by atoms with Crippen LogP contribution in [-0.2, 0) is 32.3 Å². The van der Waals surface area contributed by atoms with Crippen LogP contribution in [0.4, 0.5) is 5.13 Å². The molecule has 0 bridgehead atoms. The van der Waals surface area contributed by atoms with E-state index in [0.29, 0.717) is 17.9 Å². The van der Waals surface area contributed by atoms with Gasteiger partial charge >= 0.3 is 5.97 Å². The molecule has 13 nitrogen and oxygen atoms in total. The van der Waals surface area contributed by atoms with Gasteiger partial charge < -0.3 is 25.9 Å². The van der Waals surface area contributed by atoms with Gasteiger partial charge in [0, 0.05) is 41.0 Å². The molecule has 2 atom stereocenters. The SMILES string of the molecule is CCON=C(C(=O)NC1C(=O)N2C(C(=O)O)=C(C[n+]3cccc(CN(C)C)c3)CS[C@H]12)c1nsc(N)n1. The molecule has 2 amide bonds. The summed E-state index contributed by atoms with van der Waals surface area (Å²) in [7, 11) is 3.94. The number of aromatic nitrogens is 3. The number of nitrogen functional groups attached to an aromatic ring is 1. The third kappa shape index (κ3) is 5.73. The topological polar surface area (TPSA) is 167 Å². The number of pyridine rings is 1. The van der Waals surface area contributed by atoms with Crippen molar-refractivity contribution in [2.75, 3.05) is 32.2 Å². The highest BCUT2D eigenvalue weighted by Gasteiger charge is 2.54. The van der Waals surface area contributed by atoms with Crippen LogP contribution >= 0.6 is 23.3 Å². The number of anilines is 1. The van der Waals surface area contributed by atoms with Crippen LogP contribution in [0.5, 0.6) is 0 Å². The first-order valence-electron chi connectivity index (χ1n) is 11.3. The highest BCUT2D eigenvalue weighted by atomic mass is 32.2. The molecule has 0 aliphatic carbocycles. The fourth-order valence-corrected chi connectivity index (χ4v) is 5.78. The maximum absolute atomic E-state index is 13.1. The maximum atomic E-state index is 13.1. The van der Waals surface area contributed by atoms with E-state index in [1.165, 1.54) is 16.7 Å². The number of β-lactam (4-membered cyclic amide) rings is 1.